The van der Waals surface area contributed by atoms with Crippen molar-refractivity contribution in [1.29, 1.82) is 0 Å². The first-order valence-electron chi connectivity index (χ1n) is 14.2. The van der Waals surface area contributed by atoms with Crippen molar-refractivity contribution in [2.75, 3.05) is 6.61 Å². The van der Waals surface area contributed by atoms with Gasteiger partial charge in [-0.25, -0.2) is 4.79 Å². The lowest BCUT2D eigenvalue weighted by molar-refractivity contribution is -0.139. The van der Waals surface area contributed by atoms with E-state index in [0.29, 0.717) is 12.4 Å². The molecule has 4 rings (SSSR count). The monoisotopic (exact) mass is 568 g/mol. The maximum absolute atomic E-state index is 13.0. The van der Waals surface area contributed by atoms with Crippen LogP contribution in [-0.2, 0) is 16.6 Å². The molecule has 0 aliphatic heterocycles. The van der Waals surface area contributed by atoms with Crippen molar-refractivity contribution in [3.8, 4) is 17.2 Å². The lowest BCUT2D eigenvalue weighted by Gasteiger charge is -2.19. The Morgan fingerprint density at radius 2 is 1.48 bits per heavy atom. The molecule has 0 spiro atoms. The predicted octanol–water partition coefficient (Wildman–Crippen LogP) is 7.57. The Labute approximate surface area is 247 Å². The summed E-state index contributed by atoms with van der Waals surface area (Å²) < 4.78 is 11.8. The molecule has 0 aliphatic carbocycles. The number of carboxylic acids is 1. The highest BCUT2D eigenvalue weighted by Gasteiger charge is 2.22. The van der Waals surface area contributed by atoms with Crippen LogP contribution in [0.4, 0.5) is 0 Å². The van der Waals surface area contributed by atoms with Gasteiger partial charge in [0, 0.05) is 18.0 Å². The van der Waals surface area contributed by atoms with E-state index in [9.17, 15) is 14.7 Å². The van der Waals surface area contributed by atoms with Crippen molar-refractivity contribution in [3.63, 3.8) is 0 Å². The van der Waals surface area contributed by atoms with Crippen LogP contribution in [0.3, 0.4) is 0 Å². The largest absolute Gasteiger partial charge is 0.494 e. The molecule has 0 saturated carbocycles. The number of benzene rings is 3. The van der Waals surface area contributed by atoms with E-state index in [1.165, 1.54) is 5.56 Å². The van der Waals surface area contributed by atoms with Crippen LogP contribution in [0.25, 0.3) is 10.8 Å². The van der Waals surface area contributed by atoms with Crippen LogP contribution in [0.2, 0.25) is 0 Å². The Morgan fingerprint density at radius 3 is 2.10 bits per heavy atom. The minimum Gasteiger partial charge on any atom is -0.494 e. The minimum atomic E-state index is -1.12. The Hall–Kier alpha value is -4.39. The first-order chi connectivity index (χ1) is 19.8. The Morgan fingerprint density at radius 1 is 0.833 bits per heavy atom. The summed E-state index contributed by atoms with van der Waals surface area (Å²) in [6.07, 6.45) is 2.65. The average Bonchev–Trinajstić information content (AvgIpc) is 2.92. The molecule has 7 heteroatoms. The van der Waals surface area contributed by atoms with Gasteiger partial charge in [-0.1, -0.05) is 71.9 Å². The summed E-state index contributed by atoms with van der Waals surface area (Å²) in [6, 6.07) is 21.4. The zero-order chi connectivity index (χ0) is 30.5. The zero-order valence-electron chi connectivity index (χ0n) is 25.2. The number of carbonyl (C=O) groups excluding carboxylic acids is 1. The van der Waals surface area contributed by atoms with Crippen LogP contribution in [0.1, 0.15) is 69.6 Å². The van der Waals surface area contributed by atoms with Gasteiger partial charge in [-0.3, -0.25) is 9.78 Å². The highest BCUT2D eigenvalue weighted by atomic mass is 16.5. The molecule has 1 atom stereocenters. The van der Waals surface area contributed by atoms with Gasteiger partial charge in [0.05, 0.1) is 6.61 Å². The number of carboxylic acid groups (broad SMARTS) is 1. The van der Waals surface area contributed by atoms with Crippen LogP contribution in [-0.4, -0.2) is 34.6 Å². The van der Waals surface area contributed by atoms with Gasteiger partial charge in [0.1, 0.15) is 29.0 Å². The normalized spacial score (nSPS) is 12.5. The first-order valence-corrected chi connectivity index (χ1v) is 14.2. The molecule has 0 unspecified atom stereocenters. The molecule has 0 fully saturated rings. The fourth-order valence-corrected chi connectivity index (χ4v) is 4.33. The number of hydrogen-bond donors (Lipinski definition) is 2. The molecule has 2 N–H and O–H groups in total. The standard InChI is InChI=1S/C35H40N2O5/c1-34(2,3)17-18-41-27-12-7-23(8-13-27)19-31(33(39)40)37-32(38)30-21-24-9-14-29(20-25(24)22-36-30)42-28-15-10-26(11-16-28)35(4,5)6/h7-16,20-22,31H,17-19H2,1-6H3,(H,37,38)(H,39,40)/t31-/m0/s1. The SMILES string of the molecule is CC(C)(C)CCOc1ccc(C[C@H](NC(=O)c2cc3ccc(Oc4ccc(C(C)(C)C)cc4)cc3cn2)C(=O)O)cc1. The summed E-state index contributed by atoms with van der Waals surface area (Å²) >= 11 is 0. The lowest BCUT2D eigenvalue weighted by atomic mass is 9.87. The number of amides is 1. The maximum Gasteiger partial charge on any atom is 0.326 e. The maximum atomic E-state index is 13.0. The van der Waals surface area contributed by atoms with Crippen molar-refractivity contribution < 1.29 is 24.2 Å². The smallest absolute Gasteiger partial charge is 0.326 e. The van der Waals surface area contributed by atoms with E-state index >= 15 is 0 Å². The molecule has 7 nitrogen and oxygen atoms in total. The van der Waals surface area contributed by atoms with Crippen molar-refractivity contribution in [3.05, 3.63) is 95.8 Å². The quantitative estimate of drug-likeness (QED) is 0.205. The molecule has 220 valence electrons. The number of nitrogens with zero attached hydrogens (tertiary/aromatic N) is 1. The molecule has 1 amide bonds. The van der Waals surface area contributed by atoms with Crippen LogP contribution < -0.4 is 14.8 Å². The van der Waals surface area contributed by atoms with Crippen molar-refractivity contribution in [2.45, 2.75) is 65.8 Å². The minimum absolute atomic E-state index is 0.0637. The van der Waals surface area contributed by atoms with E-state index in [1.54, 1.807) is 12.3 Å². The second kappa shape index (κ2) is 12.6. The van der Waals surface area contributed by atoms with Gasteiger partial charge in [-0.05, 0) is 76.2 Å². The van der Waals surface area contributed by atoms with Crippen LogP contribution in [0, 0.1) is 5.41 Å². The van der Waals surface area contributed by atoms with Crippen LogP contribution in [0.15, 0.2) is 79.0 Å². The van der Waals surface area contributed by atoms with Crippen LogP contribution in [0.5, 0.6) is 17.2 Å². The van der Waals surface area contributed by atoms with Crippen LogP contribution >= 0.6 is 0 Å². The van der Waals surface area contributed by atoms with E-state index in [0.717, 1.165) is 34.3 Å². The van der Waals surface area contributed by atoms with E-state index in [-0.39, 0.29) is 22.9 Å². The molecule has 1 heterocycles. The third kappa shape index (κ3) is 8.56. The fraction of sp³-hybridized carbons (Fsp3) is 0.343. The topological polar surface area (TPSA) is 97.8 Å². The highest BCUT2D eigenvalue weighted by molar-refractivity contribution is 5.98. The molecule has 4 aromatic rings. The summed E-state index contributed by atoms with van der Waals surface area (Å²) in [4.78, 5) is 29.2. The lowest BCUT2D eigenvalue weighted by Crippen LogP contribution is -2.42. The van der Waals surface area contributed by atoms with Crippen molar-refractivity contribution in [1.82, 2.24) is 10.3 Å². The van der Waals surface area contributed by atoms with Gasteiger partial charge >= 0.3 is 5.97 Å². The number of fused-ring (bicyclic) bond motifs is 1. The molecular formula is C35H40N2O5. The highest BCUT2D eigenvalue weighted by Crippen LogP contribution is 2.29. The van der Waals surface area contributed by atoms with Crippen molar-refractivity contribution in [2.24, 2.45) is 5.41 Å². The summed E-state index contributed by atoms with van der Waals surface area (Å²) in [5.41, 5.74) is 2.39. The summed E-state index contributed by atoms with van der Waals surface area (Å²) in [7, 11) is 0. The number of pyridine rings is 1. The fourth-order valence-electron chi connectivity index (χ4n) is 4.33. The zero-order valence-corrected chi connectivity index (χ0v) is 25.2. The molecule has 0 bridgehead atoms. The van der Waals surface area contributed by atoms with E-state index in [1.807, 2.05) is 54.6 Å². The average molecular weight is 569 g/mol. The number of carbonyl (C=O) groups is 2. The number of nitrogens with one attached hydrogen (secondary N) is 1. The summed E-state index contributed by atoms with van der Waals surface area (Å²) in [5.74, 6) is 0.444. The van der Waals surface area contributed by atoms with Gasteiger partial charge in [0.2, 0.25) is 0 Å². The van der Waals surface area contributed by atoms with Gasteiger partial charge in [0.15, 0.2) is 0 Å². The predicted molar refractivity (Wildman–Crippen MR) is 166 cm³/mol. The van der Waals surface area contributed by atoms with Gasteiger partial charge in [-0.2, -0.15) is 0 Å². The second-order valence-electron chi connectivity index (χ2n) is 12.8. The number of aliphatic carboxylic acids is 1. The Kier molecular flexibility index (Phi) is 9.20. The molecule has 0 radical (unpaired) electrons. The number of hydrogen-bond acceptors (Lipinski definition) is 5. The van der Waals surface area contributed by atoms with E-state index in [4.69, 9.17) is 9.47 Å². The van der Waals surface area contributed by atoms with Gasteiger partial charge < -0.3 is 19.9 Å². The third-order valence-corrected chi connectivity index (χ3v) is 6.97. The van der Waals surface area contributed by atoms with Gasteiger partial charge in [0.25, 0.3) is 5.91 Å². The molecule has 1 aromatic heterocycles. The summed E-state index contributed by atoms with van der Waals surface area (Å²) in [6.45, 7) is 13.6. The molecule has 0 aliphatic rings. The Bertz CT molecular complexity index is 1530. The number of rotatable bonds is 10. The molecular weight excluding hydrogens is 528 g/mol. The van der Waals surface area contributed by atoms with Crippen molar-refractivity contribution >= 4 is 22.6 Å². The molecule has 0 saturated heterocycles. The third-order valence-electron chi connectivity index (χ3n) is 6.97. The molecule has 42 heavy (non-hydrogen) atoms. The van der Waals surface area contributed by atoms with E-state index < -0.39 is 17.9 Å². The first kappa shape index (κ1) is 30.6. The molecule has 3 aromatic carbocycles. The Balaban J connectivity index is 1.38. The van der Waals surface area contributed by atoms with Gasteiger partial charge in [-0.15, -0.1) is 0 Å². The number of ether oxygens (including phenoxy) is 2. The number of aromatic nitrogens is 1. The second-order valence-corrected chi connectivity index (χ2v) is 12.8. The summed E-state index contributed by atoms with van der Waals surface area (Å²) in [5, 5.41) is 14.0. The van der Waals surface area contributed by atoms with E-state index in [2.05, 4.69) is 64.0 Å².